The first-order valence-electron chi connectivity index (χ1n) is 11.6. The van der Waals surface area contributed by atoms with Crippen LogP contribution in [0, 0.1) is 6.92 Å². The summed E-state index contributed by atoms with van der Waals surface area (Å²) in [4.78, 5) is 15.2. The Morgan fingerprint density at radius 1 is 1.00 bits per heavy atom. The molecule has 184 valence electrons. The summed E-state index contributed by atoms with van der Waals surface area (Å²) in [5.41, 5.74) is 3.45. The minimum absolute atomic E-state index is 0.0357. The van der Waals surface area contributed by atoms with Gasteiger partial charge in [-0.1, -0.05) is 41.9 Å². The van der Waals surface area contributed by atoms with Crippen LogP contribution in [0.15, 0.2) is 77.7 Å². The highest BCUT2D eigenvalue weighted by molar-refractivity contribution is 7.92. The minimum Gasteiger partial charge on any atom is -0.495 e. The van der Waals surface area contributed by atoms with Crippen LogP contribution in [0.3, 0.4) is 0 Å². The summed E-state index contributed by atoms with van der Waals surface area (Å²) in [5.74, 6) is 0.142. The van der Waals surface area contributed by atoms with Gasteiger partial charge >= 0.3 is 0 Å². The first kappa shape index (κ1) is 24.2. The van der Waals surface area contributed by atoms with E-state index in [0.717, 1.165) is 40.4 Å². The third kappa shape index (κ3) is 4.52. The molecule has 1 amide bonds. The molecule has 0 atom stereocenters. The maximum atomic E-state index is 13.4. The highest BCUT2D eigenvalue weighted by atomic mass is 35.5. The standard InChI is InChI=1S/C28H25ClN2O4S/c1-18-14-26(35-2)27(17-24(18)29)36(33,34)30-23-11-12-25-21(16-23)8-5-13-31(25)28(32)22-10-9-19-6-3-4-7-20(19)15-22/h3-4,6-7,9-12,14-17,30H,5,8,13H2,1-2H3. The summed E-state index contributed by atoms with van der Waals surface area (Å²) in [5, 5.41) is 2.43. The Balaban J connectivity index is 1.44. The minimum atomic E-state index is -3.96. The number of ether oxygens (including phenoxy) is 1. The molecule has 0 fully saturated rings. The number of fused-ring (bicyclic) bond motifs is 2. The second-order valence-electron chi connectivity index (χ2n) is 8.82. The molecule has 1 N–H and O–H groups in total. The molecule has 0 spiro atoms. The lowest BCUT2D eigenvalue weighted by Gasteiger charge is -2.30. The number of nitrogens with zero attached hydrogens (tertiary/aromatic N) is 1. The Morgan fingerprint density at radius 2 is 1.78 bits per heavy atom. The summed E-state index contributed by atoms with van der Waals surface area (Å²) in [6, 6.07) is 21.9. The molecule has 0 saturated heterocycles. The summed E-state index contributed by atoms with van der Waals surface area (Å²) in [6.45, 7) is 2.38. The van der Waals surface area contributed by atoms with Crippen molar-refractivity contribution in [2.45, 2.75) is 24.7 Å². The third-order valence-corrected chi connectivity index (χ3v) is 8.24. The molecule has 0 unspecified atom stereocenters. The van der Waals surface area contributed by atoms with Crippen LogP contribution in [0.1, 0.15) is 27.9 Å². The summed E-state index contributed by atoms with van der Waals surface area (Å²) >= 11 is 6.19. The largest absolute Gasteiger partial charge is 0.495 e. The molecule has 0 aliphatic carbocycles. The van der Waals surface area contributed by atoms with Gasteiger partial charge in [0.25, 0.3) is 15.9 Å². The summed E-state index contributed by atoms with van der Waals surface area (Å²) < 4.78 is 34.2. The van der Waals surface area contributed by atoms with Crippen molar-refractivity contribution in [2.75, 3.05) is 23.3 Å². The zero-order chi connectivity index (χ0) is 25.4. The van der Waals surface area contributed by atoms with Gasteiger partial charge in [-0.2, -0.15) is 0 Å². The molecule has 6 nitrogen and oxygen atoms in total. The molecule has 1 aliphatic rings. The molecule has 0 bridgehead atoms. The van der Waals surface area contributed by atoms with Crippen LogP contribution in [0.25, 0.3) is 10.8 Å². The van der Waals surface area contributed by atoms with Crippen LogP contribution in [0.4, 0.5) is 11.4 Å². The highest BCUT2D eigenvalue weighted by Crippen LogP contribution is 2.34. The molecular weight excluding hydrogens is 496 g/mol. The Kier molecular flexibility index (Phi) is 6.36. The van der Waals surface area contributed by atoms with Crippen molar-refractivity contribution in [3.63, 3.8) is 0 Å². The normalized spacial score (nSPS) is 13.4. The first-order valence-corrected chi connectivity index (χ1v) is 13.4. The van der Waals surface area contributed by atoms with Crippen molar-refractivity contribution in [3.05, 3.63) is 94.5 Å². The fourth-order valence-electron chi connectivity index (χ4n) is 4.57. The molecular formula is C28H25ClN2O4S. The number of aryl methyl sites for hydroxylation is 2. The van der Waals surface area contributed by atoms with Crippen LogP contribution in [0.2, 0.25) is 5.02 Å². The van der Waals surface area contributed by atoms with Gasteiger partial charge in [0.15, 0.2) is 0 Å². The van der Waals surface area contributed by atoms with Crippen LogP contribution >= 0.6 is 11.6 Å². The quantitative estimate of drug-likeness (QED) is 0.340. The number of hydrogen-bond acceptors (Lipinski definition) is 4. The van der Waals surface area contributed by atoms with E-state index in [1.807, 2.05) is 42.5 Å². The number of anilines is 2. The van der Waals surface area contributed by atoms with Crippen LogP contribution in [-0.2, 0) is 16.4 Å². The number of halogens is 1. The molecule has 1 heterocycles. The molecule has 5 rings (SSSR count). The first-order chi connectivity index (χ1) is 17.3. The fraction of sp³-hybridized carbons (Fsp3) is 0.179. The molecule has 36 heavy (non-hydrogen) atoms. The summed E-state index contributed by atoms with van der Waals surface area (Å²) in [6.07, 6.45) is 1.52. The number of carbonyl (C=O) groups excluding carboxylic acids is 1. The number of carbonyl (C=O) groups is 1. The number of amides is 1. The molecule has 4 aromatic rings. The number of sulfonamides is 1. The Labute approximate surface area is 215 Å². The van der Waals surface area contributed by atoms with E-state index in [1.165, 1.54) is 13.2 Å². The molecule has 8 heteroatoms. The van der Waals surface area contributed by atoms with Gasteiger partial charge in [0, 0.05) is 28.5 Å². The topological polar surface area (TPSA) is 75.7 Å². The van der Waals surface area contributed by atoms with Crippen molar-refractivity contribution in [3.8, 4) is 5.75 Å². The zero-order valence-electron chi connectivity index (χ0n) is 19.9. The van der Waals surface area contributed by atoms with E-state index in [4.69, 9.17) is 16.3 Å². The molecule has 0 aromatic heterocycles. The highest BCUT2D eigenvalue weighted by Gasteiger charge is 2.26. The van der Waals surface area contributed by atoms with Gasteiger partial charge in [0.2, 0.25) is 0 Å². The number of hydrogen-bond donors (Lipinski definition) is 1. The van der Waals surface area contributed by atoms with Gasteiger partial charge in [-0.3, -0.25) is 9.52 Å². The smallest absolute Gasteiger partial charge is 0.265 e. The van der Waals surface area contributed by atoms with E-state index in [1.54, 1.807) is 36.1 Å². The number of rotatable bonds is 5. The van der Waals surface area contributed by atoms with Crippen molar-refractivity contribution in [1.29, 1.82) is 0 Å². The Bertz CT molecular complexity index is 1600. The average molecular weight is 521 g/mol. The predicted molar refractivity (Wildman–Crippen MR) is 144 cm³/mol. The van der Waals surface area contributed by atoms with Crippen LogP contribution in [0.5, 0.6) is 5.75 Å². The van der Waals surface area contributed by atoms with Gasteiger partial charge in [-0.15, -0.1) is 0 Å². The number of benzene rings is 4. The van der Waals surface area contributed by atoms with Crippen molar-refractivity contribution in [2.24, 2.45) is 0 Å². The van der Waals surface area contributed by atoms with Gasteiger partial charge < -0.3 is 9.64 Å². The summed E-state index contributed by atoms with van der Waals surface area (Å²) in [7, 11) is -2.54. The second kappa shape index (κ2) is 9.48. The predicted octanol–water partition coefficient (Wildman–Crippen LogP) is 6.20. The fourth-order valence-corrected chi connectivity index (χ4v) is 6.02. The van der Waals surface area contributed by atoms with E-state index >= 15 is 0 Å². The maximum absolute atomic E-state index is 13.4. The SMILES string of the molecule is COc1cc(C)c(Cl)cc1S(=O)(=O)Nc1ccc2c(c1)CCCN2C(=O)c1ccc2ccccc2c1. The van der Waals surface area contributed by atoms with E-state index < -0.39 is 10.0 Å². The second-order valence-corrected chi connectivity index (χ2v) is 10.9. The van der Waals surface area contributed by atoms with E-state index in [9.17, 15) is 13.2 Å². The van der Waals surface area contributed by atoms with Gasteiger partial charge in [0.1, 0.15) is 10.6 Å². The van der Waals surface area contributed by atoms with Gasteiger partial charge in [-0.05, 0) is 84.1 Å². The van der Waals surface area contributed by atoms with Gasteiger partial charge in [0.05, 0.1) is 7.11 Å². The lowest BCUT2D eigenvalue weighted by molar-refractivity contribution is 0.0985. The van der Waals surface area contributed by atoms with Crippen molar-refractivity contribution < 1.29 is 17.9 Å². The van der Waals surface area contributed by atoms with E-state index in [-0.39, 0.29) is 16.6 Å². The van der Waals surface area contributed by atoms with Crippen molar-refractivity contribution in [1.82, 2.24) is 0 Å². The van der Waals surface area contributed by atoms with Gasteiger partial charge in [-0.25, -0.2) is 8.42 Å². The lowest BCUT2D eigenvalue weighted by atomic mass is 9.99. The monoisotopic (exact) mass is 520 g/mol. The zero-order valence-corrected chi connectivity index (χ0v) is 21.5. The maximum Gasteiger partial charge on any atom is 0.265 e. The third-order valence-electron chi connectivity index (χ3n) is 6.43. The molecule has 0 saturated carbocycles. The van der Waals surface area contributed by atoms with Crippen LogP contribution < -0.4 is 14.4 Å². The molecule has 4 aromatic carbocycles. The van der Waals surface area contributed by atoms with E-state index in [0.29, 0.717) is 22.8 Å². The average Bonchev–Trinajstić information content (AvgIpc) is 2.88. The lowest BCUT2D eigenvalue weighted by Crippen LogP contribution is -2.35. The van der Waals surface area contributed by atoms with E-state index in [2.05, 4.69) is 4.72 Å². The molecule has 1 aliphatic heterocycles. The van der Waals surface area contributed by atoms with Crippen molar-refractivity contribution >= 4 is 49.7 Å². The molecule has 0 radical (unpaired) electrons. The van der Waals surface area contributed by atoms with Crippen LogP contribution in [-0.4, -0.2) is 28.0 Å². The number of nitrogens with one attached hydrogen (secondary N) is 1. The Morgan fingerprint density at radius 3 is 2.56 bits per heavy atom. The number of methoxy groups -OCH3 is 1. The Hall–Kier alpha value is -3.55.